The van der Waals surface area contributed by atoms with E-state index in [1.807, 2.05) is 41.5 Å². The highest BCUT2D eigenvalue weighted by Crippen LogP contribution is 2.16. The molecular weight excluding hydrogens is 336 g/mol. The first-order chi connectivity index (χ1) is 12.1. The standard InChI is InChI=1S/C20H38O6/c1-7-19(3,4)25-23-17(21)15-13-11-9-10-12-14-16-18(22)24-26-20(5,6)8-2/h7-16H2,1-6H3. The van der Waals surface area contributed by atoms with E-state index >= 15 is 0 Å². The molecule has 0 fully saturated rings. The van der Waals surface area contributed by atoms with Gasteiger partial charge in [0.1, 0.15) is 11.2 Å². The molecule has 0 unspecified atom stereocenters. The van der Waals surface area contributed by atoms with Crippen molar-refractivity contribution in [2.75, 3.05) is 0 Å². The highest BCUT2D eigenvalue weighted by atomic mass is 17.2. The summed E-state index contributed by atoms with van der Waals surface area (Å²) in [6, 6.07) is 0. The second-order valence-electron chi connectivity index (χ2n) is 7.93. The molecule has 6 nitrogen and oxygen atoms in total. The van der Waals surface area contributed by atoms with Crippen molar-refractivity contribution in [3.8, 4) is 0 Å². The van der Waals surface area contributed by atoms with E-state index in [4.69, 9.17) is 19.6 Å². The SMILES string of the molecule is CCC(C)(C)OOC(=O)CCCCCCCCC(=O)OOC(C)(C)CC. The van der Waals surface area contributed by atoms with E-state index in [1.165, 1.54) is 0 Å². The second kappa shape index (κ2) is 13.1. The third-order valence-corrected chi connectivity index (χ3v) is 4.44. The van der Waals surface area contributed by atoms with Crippen molar-refractivity contribution in [2.24, 2.45) is 0 Å². The summed E-state index contributed by atoms with van der Waals surface area (Å²) < 4.78 is 0. The summed E-state index contributed by atoms with van der Waals surface area (Å²) in [4.78, 5) is 43.0. The van der Waals surface area contributed by atoms with Crippen LogP contribution in [0, 0.1) is 0 Å². The average Bonchev–Trinajstić information content (AvgIpc) is 2.60. The molecule has 0 saturated carbocycles. The smallest absolute Gasteiger partial charge is 0.298 e. The van der Waals surface area contributed by atoms with Gasteiger partial charge in [-0.3, -0.25) is 9.78 Å². The maximum atomic E-state index is 11.6. The molecule has 26 heavy (non-hydrogen) atoms. The van der Waals surface area contributed by atoms with Crippen molar-refractivity contribution >= 4 is 11.9 Å². The van der Waals surface area contributed by atoms with E-state index in [0.29, 0.717) is 12.8 Å². The number of rotatable bonds is 15. The first-order valence-corrected chi connectivity index (χ1v) is 9.89. The van der Waals surface area contributed by atoms with Gasteiger partial charge >= 0.3 is 11.9 Å². The fraction of sp³-hybridized carbons (Fsp3) is 0.900. The van der Waals surface area contributed by atoms with Gasteiger partial charge in [-0.2, -0.15) is 9.78 Å². The van der Waals surface area contributed by atoms with Gasteiger partial charge in [-0.05, 0) is 53.4 Å². The quantitative estimate of drug-likeness (QED) is 0.216. The van der Waals surface area contributed by atoms with Crippen LogP contribution in [-0.4, -0.2) is 23.1 Å². The zero-order valence-corrected chi connectivity index (χ0v) is 17.5. The summed E-state index contributed by atoms with van der Waals surface area (Å²) in [5.74, 6) is -0.631. The maximum Gasteiger partial charge on any atom is 0.342 e. The molecule has 154 valence electrons. The Morgan fingerprint density at radius 2 is 0.923 bits per heavy atom. The molecular formula is C20H38O6. The molecule has 0 amide bonds. The molecule has 0 aliphatic rings. The average molecular weight is 375 g/mol. The van der Waals surface area contributed by atoms with Gasteiger partial charge in [0.2, 0.25) is 0 Å². The minimum Gasteiger partial charge on any atom is -0.298 e. The lowest BCUT2D eigenvalue weighted by molar-refractivity contribution is -0.325. The van der Waals surface area contributed by atoms with Gasteiger partial charge in [-0.1, -0.05) is 39.5 Å². The Morgan fingerprint density at radius 3 is 1.23 bits per heavy atom. The Labute approximate surface area is 158 Å². The van der Waals surface area contributed by atoms with E-state index in [-0.39, 0.29) is 11.9 Å². The number of carbonyl (C=O) groups excluding carboxylic acids is 2. The first kappa shape index (κ1) is 24.9. The molecule has 0 N–H and O–H groups in total. The Bertz CT molecular complexity index is 365. The highest BCUT2D eigenvalue weighted by molar-refractivity contribution is 5.68. The largest absolute Gasteiger partial charge is 0.342 e. The molecule has 0 aromatic heterocycles. The van der Waals surface area contributed by atoms with E-state index in [2.05, 4.69) is 0 Å². The molecule has 0 saturated heterocycles. The normalized spacial score (nSPS) is 12.1. The van der Waals surface area contributed by atoms with E-state index in [9.17, 15) is 9.59 Å². The van der Waals surface area contributed by atoms with Crippen LogP contribution in [0.4, 0.5) is 0 Å². The van der Waals surface area contributed by atoms with Gasteiger partial charge in [0.15, 0.2) is 0 Å². The summed E-state index contributed by atoms with van der Waals surface area (Å²) in [6.45, 7) is 11.5. The summed E-state index contributed by atoms with van der Waals surface area (Å²) in [5, 5.41) is 0. The van der Waals surface area contributed by atoms with Gasteiger partial charge in [-0.15, -0.1) is 0 Å². The Morgan fingerprint density at radius 1 is 0.615 bits per heavy atom. The minimum absolute atomic E-state index is 0.315. The second-order valence-corrected chi connectivity index (χ2v) is 7.93. The number of hydrogen-bond acceptors (Lipinski definition) is 6. The van der Waals surface area contributed by atoms with Crippen LogP contribution in [0.3, 0.4) is 0 Å². The van der Waals surface area contributed by atoms with Crippen LogP contribution in [0.2, 0.25) is 0 Å². The van der Waals surface area contributed by atoms with Crippen molar-refractivity contribution in [3.05, 3.63) is 0 Å². The highest BCUT2D eigenvalue weighted by Gasteiger charge is 2.20. The maximum absolute atomic E-state index is 11.6. The lowest BCUT2D eigenvalue weighted by atomic mass is 10.1. The van der Waals surface area contributed by atoms with Crippen LogP contribution in [0.15, 0.2) is 0 Å². The zero-order valence-electron chi connectivity index (χ0n) is 17.5. The summed E-state index contributed by atoms with van der Waals surface area (Å²) >= 11 is 0. The lowest BCUT2D eigenvalue weighted by Gasteiger charge is -2.20. The monoisotopic (exact) mass is 374 g/mol. The third kappa shape index (κ3) is 14.1. The molecule has 0 aliphatic heterocycles. The van der Waals surface area contributed by atoms with E-state index < -0.39 is 11.2 Å². The van der Waals surface area contributed by atoms with Crippen LogP contribution in [0.5, 0.6) is 0 Å². The molecule has 0 radical (unpaired) electrons. The van der Waals surface area contributed by atoms with Crippen LogP contribution in [0.25, 0.3) is 0 Å². The van der Waals surface area contributed by atoms with Gasteiger partial charge in [0.25, 0.3) is 0 Å². The number of hydrogen-bond donors (Lipinski definition) is 0. The van der Waals surface area contributed by atoms with Crippen molar-refractivity contribution in [1.82, 2.24) is 0 Å². The molecule has 0 aromatic carbocycles. The van der Waals surface area contributed by atoms with Gasteiger partial charge < -0.3 is 0 Å². The number of unbranched alkanes of at least 4 members (excludes halogenated alkanes) is 5. The molecule has 0 aromatic rings. The van der Waals surface area contributed by atoms with Crippen LogP contribution >= 0.6 is 0 Å². The first-order valence-electron chi connectivity index (χ1n) is 9.89. The van der Waals surface area contributed by atoms with Crippen molar-refractivity contribution in [2.45, 2.75) is 117 Å². The van der Waals surface area contributed by atoms with Crippen molar-refractivity contribution < 1.29 is 29.1 Å². The summed E-state index contributed by atoms with van der Waals surface area (Å²) in [7, 11) is 0. The molecule has 6 heteroatoms. The predicted molar refractivity (Wildman–Crippen MR) is 100 cm³/mol. The number of carbonyl (C=O) groups is 2. The van der Waals surface area contributed by atoms with Gasteiger partial charge in [-0.25, -0.2) is 9.59 Å². The summed E-state index contributed by atoms with van der Waals surface area (Å²) in [5.41, 5.74) is -0.873. The zero-order chi connectivity index (χ0) is 20.1. The van der Waals surface area contributed by atoms with E-state index in [1.54, 1.807) is 0 Å². The van der Waals surface area contributed by atoms with Crippen LogP contribution in [-0.2, 0) is 29.1 Å². The minimum atomic E-state index is -0.436. The fourth-order valence-corrected chi connectivity index (χ4v) is 1.77. The summed E-state index contributed by atoms with van der Waals surface area (Å²) in [6.07, 6.45) is 7.86. The third-order valence-electron chi connectivity index (χ3n) is 4.44. The Balaban J connectivity index is 3.51. The molecule has 0 bridgehead atoms. The van der Waals surface area contributed by atoms with E-state index in [0.717, 1.165) is 51.4 Å². The molecule has 0 heterocycles. The fourth-order valence-electron chi connectivity index (χ4n) is 1.77. The topological polar surface area (TPSA) is 71.1 Å². The molecule has 0 atom stereocenters. The lowest BCUT2D eigenvalue weighted by Crippen LogP contribution is -2.25. The Hall–Kier alpha value is -1.14. The molecule has 0 aliphatic carbocycles. The van der Waals surface area contributed by atoms with Gasteiger partial charge in [0.05, 0.1) is 0 Å². The molecule has 0 spiro atoms. The Kier molecular flexibility index (Phi) is 12.5. The molecule has 0 rings (SSSR count). The van der Waals surface area contributed by atoms with Crippen molar-refractivity contribution in [3.63, 3.8) is 0 Å². The van der Waals surface area contributed by atoms with Crippen molar-refractivity contribution in [1.29, 1.82) is 0 Å². The van der Waals surface area contributed by atoms with Crippen LogP contribution in [0.1, 0.15) is 106 Å². The predicted octanol–water partition coefficient (Wildman–Crippen LogP) is 5.43. The van der Waals surface area contributed by atoms with Gasteiger partial charge in [0, 0.05) is 12.8 Å². The van der Waals surface area contributed by atoms with Crippen LogP contribution < -0.4 is 0 Å².